The third-order valence-electron chi connectivity index (χ3n) is 2.92. The smallest absolute Gasteiger partial charge is 0.306 e. The number of allylic oxidation sites excluding steroid dienone is 1. The van der Waals surface area contributed by atoms with Gasteiger partial charge in [0.25, 0.3) is 0 Å². The first kappa shape index (κ1) is 19.6. The first-order chi connectivity index (χ1) is 9.69. The molecule has 0 fully saturated rings. The van der Waals surface area contributed by atoms with Crippen molar-refractivity contribution in [1.29, 1.82) is 0 Å². The van der Waals surface area contributed by atoms with Crippen LogP contribution >= 0.6 is 0 Å². The van der Waals surface area contributed by atoms with Crippen molar-refractivity contribution in [2.75, 3.05) is 6.54 Å². The van der Waals surface area contributed by atoms with Crippen molar-refractivity contribution in [2.24, 2.45) is 5.73 Å². The van der Waals surface area contributed by atoms with Crippen LogP contribution in [0.1, 0.15) is 60.3 Å². The maximum Gasteiger partial charge on any atom is 0.306 e. The largest absolute Gasteiger partial charge is 0.460 e. The normalized spacial score (nSPS) is 13.9. The molecule has 0 aliphatic heterocycles. The third-order valence-corrected chi connectivity index (χ3v) is 2.92. The molecule has 0 saturated heterocycles. The number of hydrogen-bond donors (Lipinski definition) is 2. The van der Waals surface area contributed by atoms with E-state index < -0.39 is 17.6 Å². The summed E-state index contributed by atoms with van der Waals surface area (Å²) in [5, 5.41) is 3.12. The number of ether oxygens (including phenoxy) is 1. The Hall–Kier alpha value is -1.36. The maximum absolute atomic E-state index is 11.7. The van der Waals surface area contributed by atoms with Crippen LogP contribution in [0.5, 0.6) is 0 Å². The highest BCUT2D eigenvalue weighted by Gasteiger charge is 2.20. The molecule has 0 saturated carbocycles. The third kappa shape index (κ3) is 10.1. The monoisotopic (exact) mass is 298 g/mol. The molecule has 0 rings (SSSR count). The van der Waals surface area contributed by atoms with Crippen LogP contribution < -0.4 is 11.1 Å². The van der Waals surface area contributed by atoms with E-state index in [1.807, 2.05) is 20.8 Å². The van der Waals surface area contributed by atoms with Gasteiger partial charge >= 0.3 is 5.97 Å². The summed E-state index contributed by atoms with van der Waals surface area (Å²) in [5.41, 5.74) is 6.11. The van der Waals surface area contributed by atoms with Crippen molar-refractivity contribution in [1.82, 2.24) is 5.32 Å². The van der Waals surface area contributed by atoms with Gasteiger partial charge in [0.1, 0.15) is 5.60 Å². The Bertz CT molecular complexity index is 370. The van der Waals surface area contributed by atoms with E-state index in [1.165, 1.54) is 5.57 Å². The SMILES string of the molecule is CC/C=C(\CC)CNC(CCC(=O)OC(C)(C)C)C(N)=O. The summed E-state index contributed by atoms with van der Waals surface area (Å²) in [4.78, 5) is 23.1. The van der Waals surface area contributed by atoms with Crippen molar-refractivity contribution in [2.45, 2.75) is 71.9 Å². The molecule has 0 aromatic rings. The molecule has 3 N–H and O–H groups in total. The van der Waals surface area contributed by atoms with Crippen LogP contribution in [0.2, 0.25) is 0 Å². The number of nitrogens with one attached hydrogen (secondary N) is 1. The standard InChI is InChI=1S/C16H30N2O3/c1-6-8-12(7-2)11-18-13(15(17)20)9-10-14(19)21-16(3,4)5/h8,13,18H,6-7,9-11H2,1-5H3,(H2,17,20)/b12-8+. The van der Waals surface area contributed by atoms with Gasteiger partial charge in [0, 0.05) is 13.0 Å². The van der Waals surface area contributed by atoms with Gasteiger partial charge in [-0.15, -0.1) is 0 Å². The minimum atomic E-state index is -0.510. The number of nitrogens with two attached hydrogens (primary N) is 1. The van der Waals surface area contributed by atoms with Crippen LogP contribution in [0.25, 0.3) is 0 Å². The molecule has 0 aromatic heterocycles. The van der Waals surface area contributed by atoms with Gasteiger partial charge in [0.2, 0.25) is 5.91 Å². The van der Waals surface area contributed by atoms with E-state index in [0.717, 1.165) is 12.8 Å². The van der Waals surface area contributed by atoms with Gasteiger partial charge in [0.05, 0.1) is 6.04 Å². The molecule has 0 aromatic carbocycles. The Morgan fingerprint density at radius 1 is 1.29 bits per heavy atom. The zero-order chi connectivity index (χ0) is 16.5. The van der Waals surface area contributed by atoms with E-state index in [1.54, 1.807) is 0 Å². The van der Waals surface area contributed by atoms with Crippen molar-refractivity contribution in [3.05, 3.63) is 11.6 Å². The summed E-state index contributed by atoms with van der Waals surface area (Å²) in [6, 6.07) is -0.510. The molecule has 0 aliphatic carbocycles. The maximum atomic E-state index is 11.7. The number of carbonyl (C=O) groups is 2. The second kappa shape index (κ2) is 9.55. The summed E-state index contributed by atoms with van der Waals surface area (Å²) in [6.07, 6.45) is 4.56. The van der Waals surface area contributed by atoms with Gasteiger partial charge in [-0.3, -0.25) is 9.59 Å². The van der Waals surface area contributed by atoms with Crippen molar-refractivity contribution >= 4 is 11.9 Å². The Morgan fingerprint density at radius 3 is 2.33 bits per heavy atom. The Balaban J connectivity index is 4.35. The fourth-order valence-corrected chi connectivity index (χ4v) is 1.88. The molecule has 21 heavy (non-hydrogen) atoms. The number of hydrogen-bond acceptors (Lipinski definition) is 4. The van der Waals surface area contributed by atoms with E-state index in [-0.39, 0.29) is 12.4 Å². The van der Waals surface area contributed by atoms with Crippen LogP contribution in [-0.2, 0) is 14.3 Å². The molecule has 1 atom stereocenters. The van der Waals surface area contributed by atoms with Crippen molar-refractivity contribution in [3.8, 4) is 0 Å². The average Bonchev–Trinajstić information content (AvgIpc) is 2.34. The number of rotatable bonds is 9. The second-order valence-electron chi connectivity index (χ2n) is 6.09. The Labute approximate surface area is 128 Å². The predicted molar refractivity (Wildman–Crippen MR) is 84.7 cm³/mol. The van der Waals surface area contributed by atoms with Crippen LogP contribution in [0.3, 0.4) is 0 Å². The highest BCUT2D eigenvalue weighted by atomic mass is 16.6. The lowest BCUT2D eigenvalue weighted by atomic mass is 10.1. The van der Waals surface area contributed by atoms with E-state index >= 15 is 0 Å². The lowest BCUT2D eigenvalue weighted by Gasteiger charge is -2.21. The molecule has 1 amide bonds. The summed E-state index contributed by atoms with van der Waals surface area (Å²) < 4.78 is 5.22. The Morgan fingerprint density at radius 2 is 1.90 bits per heavy atom. The molecule has 1 unspecified atom stereocenters. The molecule has 0 radical (unpaired) electrons. The number of primary amides is 1. The Kier molecular flexibility index (Phi) is 8.93. The highest BCUT2D eigenvalue weighted by Crippen LogP contribution is 2.10. The van der Waals surface area contributed by atoms with Gasteiger partial charge in [-0.2, -0.15) is 0 Å². The van der Waals surface area contributed by atoms with E-state index in [4.69, 9.17) is 10.5 Å². The van der Waals surface area contributed by atoms with Gasteiger partial charge in [0.15, 0.2) is 0 Å². The van der Waals surface area contributed by atoms with Gasteiger partial charge in [-0.25, -0.2) is 0 Å². The fourth-order valence-electron chi connectivity index (χ4n) is 1.88. The van der Waals surface area contributed by atoms with Gasteiger partial charge < -0.3 is 15.8 Å². The predicted octanol–water partition coefficient (Wildman–Crippen LogP) is 2.30. The lowest BCUT2D eigenvalue weighted by molar-refractivity contribution is -0.155. The number of esters is 1. The van der Waals surface area contributed by atoms with Crippen molar-refractivity contribution in [3.63, 3.8) is 0 Å². The highest BCUT2D eigenvalue weighted by molar-refractivity contribution is 5.80. The zero-order valence-corrected chi connectivity index (χ0v) is 14.0. The van der Waals surface area contributed by atoms with Crippen LogP contribution in [-0.4, -0.2) is 30.1 Å². The first-order valence-corrected chi connectivity index (χ1v) is 7.62. The van der Waals surface area contributed by atoms with E-state index in [9.17, 15) is 9.59 Å². The summed E-state index contributed by atoms with van der Waals surface area (Å²) >= 11 is 0. The van der Waals surface area contributed by atoms with Gasteiger partial charge in [-0.05, 0) is 40.0 Å². The molecule has 0 heterocycles. The van der Waals surface area contributed by atoms with Crippen LogP contribution in [0.15, 0.2) is 11.6 Å². The molecule has 0 bridgehead atoms. The molecule has 0 spiro atoms. The average molecular weight is 298 g/mol. The van der Waals surface area contributed by atoms with E-state index in [2.05, 4.69) is 25.2 Å². The molecular weight excluding hydrogens is 268 g/mol. The first-order valence-electron chi connectivity index (χ1n) is 7.62. The van der Waals surface area contributed by atoms with E-state index in [0.29, 0.717) is 13.0 Å². The fraction of sp³-hybridized carbons (Fsp3) is 0.750. The minimum Gasteiger partial charge on any atom is -0.460 e. The summed E-state index contributed by atoms with van der Waals surface area (Å²) in [7, 11) is 0. The lowest BCUT2D eigenvalue weighted by Crippen LogP contribution is -2.42. The van der Waals surface area contributed by atoms with Crippen LogP contribution in [0, 0.1) is 0 Å². The molecular formula is C16H30N2O3. The van der Waals surface area contributed by atoms with Crippen LogP contribution in [0.4, 0.5) is 0 Å². The summed E-state index contributed by atoms with van der Waals surface area (Å²) in [5.74, 6) is -0.749. The van der Waals surface area contributed by atoms with Gasteiger partial charge in [-0.1, -0.05) is 25.5 Å². The minimum absolute atomic E-state index is 0.177. The molecule has 5 heteroatoms. The number of amides is 1. The zero-order valence-electron chi connectivity index (χ0n) is 14.0. The topological polar surface area (TPSA) is 81.4 Å². The second-order valence-corrected chi connectivity index (χ2v) is 6.09. The summed E-state index contributed by atoms with van der Waals surface area (Å²) in [6.45, 7) is 10.2. The molecule has 5 nitrogen and oxygen atoms in total. The molecule has 122 valence electrons. The number of carbonyl (C=O) groups excluding carboxylic acids is 2. The van der Waals surface area contributed by atoms with Crippen molar-refractivity contribution < 1.29 is 14.3 Å². The quantitative estimate of drug-likeness (QED) is 0.505. The molecule has 0 aliphatic rings.